The van der Waals surface area contributed by atoms with Crippen LogP contribution in [0.1, 0.15) is 61.8 Å². The smallest absolute Gasteiger partial charge is 0.248 e. The summed E-state index contributed by atoms with van der Waals surface area (Å²) in [4.78, 5) is 5.36. The summed E-state index contributed by atoms with van der Waals surface area (Å²) in [7, 11) is 0. The molecule has 2 nitrogen and oxygen atoms in total. The van der Waals surface area contributed by atoms with Gasteiger partial charge < -0.3 is 9.80 Å². The van der Waals surface area contributed by atoms with Crippen LogP contribution in [0.25, 0.3) is 11.1 Å². The monoisotopic (exact) mass is 570 g/mol. The molecule has 5 aromatic carbocycles. The van der Waals surface area contributed by atoms with Crippen LogP contribution >= 0.6 is 0 Å². The lowest BCUT2D eigenvalue weighted by Gasteiger charge is -2.50. The van der Waals surface area contributed by atoms with Crippen LogP contribution in [0.15, 0.2) is 97.1 Å². The van der Waals surface area contributed by atoms with Gasteiger partial charge in [0.15, 0.2) is 0 Å². The minimum atomic E-state index is 0.0132. The van der Waals surface area contributed by atoms with E-state index < -0.39 is 0 Å². The topological polar surface area (TPSA) is 6.48 Å². The van der Waals surface area contributed by atoms with Crippen LogP contribution in [-0.4, -0.2) is 12.3 Å². The predicted molar refractivity (Wildman–Crippen MR) is 188 cm³/mol. The molecule has 0 saturated heterocycles. The van der Waals surface area contributed by atoms with E-state index >= 15 is 0 Å². The van der Waals surface area contributed by atoms with Gasteiger partial charge in [-0.1, -0.05) is 104 Å². The lowest BCUT2D eigenvalue weighted by Crippen LogP contribution is -2.56. The van der Waals surface area contributed by atoms with E-state index in [0.29, 0.717) is 0 Å². The van der Waals surface area contributed by atoms with Gasteiger partial charge >= 0.3 is 0 Å². The number of nitrogens with zero attached hydrogens (tertiary/aromatic N) is 2. The highest BCUT2D eigenvalue weighted by molar-refractivity contribution is 7.01. The fourth-order valence-corrected chi connectivity index (χ4v) is 9.72. The van der Waals surface area contributed by atoms with E-state index in [1.807, 2.05) is 0 Å². The molecule has 0 N–H and O–H groups in total. The van der Waals surface area contributed by atoms with Crippen molar-refractivity contribution in [2.24, 2.45) is 0 Å². The Kier molecular flexibility index (Phi) is 5.30. The summed E-state index contributed by atoms with van der Waals surface area (Å²) < 4.78 is 0. The van der Waals surface area contributed by atoms with Gasteiger partial charge in [-0.3, -0.25) is 0 Å². The number of hydrogen-bond donors (Lipinski definition) is 0. The summed E-state index contributed by atoms with van der Waals surface area (Å²) in [5.41, 5.74) is 19.5. The molecule has 3 aliphatic heterocycles. The number of fused-ring (bicyclic) bond motifs is 8. The Hall–Kier alpha value is -4.24. The highest BCUT2D eigenvalue weighted by Crippen LogP contribution is 2.61. The van der Waals surface area contributed by atoms with E-state index in [2.05, 4.69) is 141 Å². The summed E-state index contributed by atoms with van der Waals surface area (Å²) in [5, 5.41) is 0. The second-order valence-corrected chi connectivity index (χ2v) is 14.2. The van der Waals surface area contributed by atoms with Crippen molar-refractivity contribution in [3.05, 3.63) is 119 Å². The van der Waals surface area contributed by atoms with Gasteiger partial charge in [-0.2, -0.15) is 0 Å². The highest BCUT2D eigenvalue weighted by atomic mass is 15.3. The van der Waals surface area contributed by atoms with Crippen LogP contribution in [0.4, 0.5) is 28.4 Å². The Morgan fingerprint density at radius 3 is 2.16 bits per heavy atom. The van der Waals surface area contributed by atoms with Crippen LogP contribution in [0, 0.1) is 20.8 Å². The molecule has 2 atom stereocenters. The Morgan fingerprint density at radius 2 is 1.32 bits per heavy atom. The average molecular weight is 571 g/mol. The molecule has 5 aromatic rings. The first-order valence-corrected chi connectivity index (χ1v) is 16.5. The van der Waals surface area contributed by atoms with Gasteiger partial charge in [0.2, 0.25) is 6.71 Å². The minimum absolute atomic E-state index is 0.0132. The Balaban J connectivity index is 1.40. The molecule has 1 saturated carbocycles. The Morgan fingerprint density at radius 1 is 0.614 bits per heavy atom. The van der Waals surface area contributed by atoms with Crippen molar-refractivity contribution in [2.45, 2.75) is 71.3 Å². The molecule has 3 heteroatoms. The molecule has 0 radical (unpaired) electrons. The zero-order valence-electron chi connectivity index (χ0n) is 26.5. The van der Waals surface area contributed by atoms with Crippen LogP contribution in [0.3, 0.4) is 0 Å². The second-order valence-electron chi connectivity index (χ2n) is 14.2. The summed E-state index contributed by atoms with van der Waals surface area (Å²) in [6.45, 7) is 12.2. The first-order valence-electron chi connectivity index (χ1n) is 16.5. The molecule has 1 aliphatic carbocycles. The van der Waals surface area contributed by atoms with Crippen LogP contribution in [-0.2, 0) is 5.41 Å². The van der Waals surface area contributed by atoms with Gasteiger partial charge in [-0.15, -0.1) is 0 Å². The summed E-state index contributed by atoms with van der Waals surface area (Å²) >= 11 is 0. The molecule has 0 amide bonds. The fourth-order valence-electron chi connectivity index (χ4n) is 9.72. The summed E-state index contributed by atoms with van der Waals surface area (Å²) in [5.74, 6) is 0. The molecule has 1 fully saturated rings. The first-order chi connectivity index (χ1) is 21.3. The van der Waals surface area contributed by atoms with Crippen molar-refractivity contribution in [1.82, 2.24) is 0 Å². The van der Waals surface area contributed by atoms with Gasteiger partial charge in [0.05, 0.1) is 5.54 Å². The maximum absolute atomic E-state index is 2.75. The largest absolute Gasteiger partial charge is 0.334 e. The van der Waals surface area contributed by atoms with Gasteiger partial charge in [0, 0.05) is 33.9 Å². The van der Waals surface area contributed by atoms with Crippen molar-refractivity contribution in [3.8, 4) is 11.1 Å². The number of hydrogen-bond acceptors (Lipinski definition) is 2. The molecule has 0 spiro atoms. The quantitative estimate of drug-likeness (QED) is 0.192. The number of anilines is 5. The third-order valence-corrected chi connectivity index (χ3v) is 12.0. The van der Waals surface area contributed by atoms with Gasteiger partial charge in [0.25, 0.3) is 0 Å². The molecule has 0 bridgehead atoms. The third-order valence-electron chi connectivity index (χ3n) is 12.0. The molecule has 44 heavy (non-hydrogen) atoms. The maximum Gasteiger partial charge on any atom is 0.248 e. The van der Waals surface area contributed by atoms with Crippen LogP contribution in [0.2, 0.25) is 0 Å². The molecular weight excluding hydrogens is 531 g/mol. The van der Waals surface area contributed by atoms with Crippen molar-refractivity contribution in [3.63, 3.8) is 0 Å². The molecular formula is C41H39BN2. The number of aryl methyl sites for hydroxylation is 3. The van der Waals surface area contributed by atoms with Gasteiger partial charge in [-0.05, 0) is 104 Å². The van der Waals surface area contributed by atoms with E-state index in [4.69, 9.17) is 0 Å². The van der Waals surface area contributed by atoms with E-state index in [9.17, 15) is 0 Å². The fraction of sp³-hybridized carbons (Fsp3) is 0.268. The van der Waals surface area contributed by atoms with Crippen LogP contribution in [0.5, 0.6) is 0 Å². The van der Waals surface area contributed by atoms with Crippen molar-refractivity contribution < 1.29 is 0 Å². The number of benzene rings is 5. The van der Waals surface area contributed by atoms with Gasteiger partial charge in [-0.25, -0.2) is 0 Å². The molecule has 9 rings (SSSR count). The Bertz CT molecular complexity index is 2030. The van der Waals surface area contributed by atoms with E-state index in [0.717, 1.165) is 0 Å². The normalized spacial score (nSPS) is 22.3. The lowest BCUT2D eigenvalue weighted by atomic mass is 9.36. The summed E-state index contributed by atoms with van der Waals surface area (Å²) in [6, 6.07) is 37.2. The standard InChI is InChI=1S/C41H39BN2/c1-26-14-6-8-20-34(26)43-36-25-29(44-35-21-9-7-18-32(35)40(4)22-10-11-23-41(40,44)5)24-31-30-17-12-15-27(2)37(30)42(38(31)36)33-19-13-16-28(3)39(33)43/h6-9,12-21,24-25H,10-11,22-23H2,1-5H3. The van der Waals surface area contributed by atoms with Gasteiger partial charge in [0.1, 0.15) is 0 Å². The van der Waals surface area contributed by atoms with Crippen molar-refractivity contribution >= 4 is 51.5 Å². The predicted octanol–water partition coefficient (Wildman–Crippen LogP) is 8.63. The minimum Gasteiger partial charge on any atom is -0.334 e. The lowest BCUT2D eigenvalue weighted by molar-refractivity contribution is 0.195. The molecule has 2 unspecified atom stereocenters. The van der Waals surface area contributed by atoms with E-state index in [1.54, 1.807) is 0 Å². The van der Waals surface area contributed by atoms with E-state index in [1.165, 1.54) is 104 Å². The van der Waals surface area contributed by atoms with Crippen LogP contribution < -0.4 is 26.2 Å². The Labute approximate surface area is 262 Å². The molecule has 4 aliphatic rings. The SMILES string of the molecule is Cc1ccccc1N1c2cc(N3c4ccccc4C4(C)CCCCC34C)cc3c2B(c2cccc(C)c21)c1c(C)cccc1-3. The first kappa shape index (κ1) is 26.2. The van der Waals surface area contributed by atoms with Crippen molar-refractivity contribution in [2.75, 3.05) is 9.80 Å². The maximum atomic E-state index is 2.75. The molecule has 3 heterocycles. The number of para-hydroxylation sites is 3. The zero-order valence-corrected chi connectivity index (χ0v) is 26.5. The molecule has 216 valence electrons. The summed E-state index contributed by atoms with van der Waals surface area (Å²) in [6.07, 6.45) is 5.02. The zero-order chi connectivity index (χ0) is 30.0. The van der Waals surface area contributed by atoms with E-state index in [-0.39, 0.29) is 17.7 Å². The number of rotatable bonds is 2. The van der Waals surface area contributed by atoms with Crippen molar-refractivity contribution in [1.29, 1.82) is 0 Å². The highest BCUT2D eigenvalue weighted by Gasteiger charge is 2.58. The molecule has 0 aromatic heterocycles. The third kappa shape index (κ3) is 3.13. The second kappa shape index (κ2) is 8.91. The average Bonchev–Trinajstić information content (AvgIpc) is 3.47.